The van der Waals surface area contributed by atoms with E-state index in [1.165, 1.54) is 5.56 Å². The van der Waals surface area contributed by atoms with Crippen molar-refractivity contribution >= 4 is 11.8 Å². The van der Waals surface area contributed by atoms with Gasteiger partial charge in [-0.3, -0.25) is 0 Å². The molecule has 1 aliphatic carbocycles. The number of aromatic nitrogens is 1. The topological polar surface area (TPSA) is 72.5 Å². The number of methoxy groups -OCH3 is 1. The van der Waals surface area contributed by atoms with Gasteiger partial charge in [-0.1, -0.05) is 18.2 Å². The van der Waals surface area contributed by atoms with Crippen LogP contribution in [0, 0.1) is 0 Å². The van der Waals surface area contributed by atoms with Crippen LogP contribution in [0.2, 0.25) is 0 Å². The van der Waals surface area contributed by atoms with Gasteiger partial charge in [-0.15, -0.1) is 0 Å². The molecule has 5 heteroatoms. The third kappa shape index (κ3) is 3.31. The fraction of sp³-hybridized carbons (Fsp3) is 0.250. The van der Waals surface area contributed by atoms with Crippen molar-refractivity contribution in [1.82, 2.24) is 4.98 Å². The number of guanidine groups is 1. The Balaban J connectivity index is 1.63. The summed E-state index contributed by atoms with van der Waals surface area (Å²) in [6, 6.07) is 14.0. The molecule has 0 saturated heterocycles. The highest BCUT2D eigenvalue weighted by atomic mass is 16.5. The van der Waals surface area contributed by atoms with Gasteiger partial charge in [0.05, 0.1) is 13.2 Å². The Morgan fingerprint density at radius 3 is 3.00 bits per heavy atom. The summed E-state index contributed by atoms with van der Waals surface area (Å²) in [5, 5.41) is 3.00. The van der Waals surface area contributed by atoms with Gasteiger partial charge in [-0.25, -0.2) is 9.98 Å². The molecule has 0 bridgehead atoms. The van der Waals surface area contributed by atoms with Crippen LogP contribution in [0.15, 0.2) is 53.7 Å². The van der Waals surface area contributed by atoms with Crippen LogP contribution in [-0.4, -0.2) is 24.1 Å². The first-order chi connectivity index (χ1) is 10.3. The minimum absolute atomic E-state index is 0.230. The fourth-order valence-electron chi connectivity index (χ4n) is 2.33. The predicted octanol–water partition coefficient (Wildman–Crippen LogP) is 2.37. The third-order valence-electron chi connectivity index (χ3n) is 3.50. The molecular weight excluding hydrogens is 264 g/mol. The van der Waals surface area contributed by atoms with Gasteiger partial charge >= 0.3 is 0 Å². The van der Waals surface area contributed by atoms with Crippen molar-refractivity contribution in [1.29, 1.82) is 0 Å². The van der Waals surface area contributed by atoms with Gasteiger partial charge in [0.2, 0.25) is 0 Å². The number of hydrogen-bond acceptors (Lipinski definition) is 3. The van der Waals surface area contributed by atoms with E-state index in [4.69, 9.17) is 10.5 Å². The Kier molecular flexibility index (Phi) is 3.73. The number of aliphatic imine (C=N–C) groups is 1. The Labute approximate surface area is 123 Å². The maximum atomic E-state index is 5.92. The van der Waals surface area contributed by atoms with Crippen LogP contribution in [-0.2, 0) is 0 Å². The summed E-state index contributed by atoms with van der Waals surface area (Å²) in [6.07, 6.45) is 2.73. The standard InChI is InChI=1S/C16H18N4O/c1-21-12-6-4-5-11(9-12)13-10-14(13)19-16(17)20-15-7-2-3-8-18-15/h2-9,13-14H,10H2,1H3,(H3,17,18,19,20)/t13-,14+/m0/s1. The van der Waals surface area contributed by atoms with Crippen molar-refractivity contribution in [2.24, 2.45) is 10.7 Å². The van der Waals surface area contributed by atoms with E-state index in [0.29, 0.717) is 17.7 Å². The molecular formula is C16H18N4O. The van der Waals surface area contributed by atoms with Gasteiger partial charge in [0.1, 0.15) is 11.6 Å². The second-order valence-electron chi connectivity index (χ2n) is 5.04. The quantitative estimate of drug-likeness (QED) is 0.667. The molecule has 0 spiro atoms. The maximum absolute atomic E-state index is 5.92. The van der Waals surface area contributed by atoms with Crippen molar-refractivity contribution in [3.05, 3.63) is 54.2 Å². The lowest BCUT2D eigenvalue weighted by Crippen LogP contribution is -2.23. The lowest BCUT2D eigenvalue weighted by molar-refractivity contribution is 0.414. The molecule has 1 aromatic carbocycles. The zero-order valence-electron chi connectivity index (χ0n) is 11.9. The SMILES string of the molecule is COc1cccc([C@@H]2C[C@H]2N=C(N)Nc2ccccn2)c1. The molecule has 1 fully saturated rings. The monoisotopic (exact) mass is 282 g/mol. The summed E-state index contributed by atoms with van der Waals surface area (Å²) in [4.78, 5) is 8.66. The first kappa shape index (κ1) is 13.4. The normalized spacial score (nSPS) is 20.9. The summed E-state index contributed by atoms with van der Waals surface area (Å²) < 4.78 is 5.25. The molecule has 1 heterocycles. The van der Waals surface area contributed by atoms with Crippen LogP contribution in [0.1, 0.15) is 17.9 Å². The Morgan fingerprint density at radius 1 is 1.33 bits per heavy atom. The van der Waals surface area contributed by atoms with Crippen LogP contribution in [0.3, 0.4) is 0 Å². The highest BCUT2D eigenvalue weighted by Crippen LogP contribution is 2.44. The molecule has 2 atom stereocenters. The van der Waals surface area contributed by atoms with Gasteiger partial charge < -0.3 is 15.8 Å². The van der Waals surface area contributed by atoms with Crippen LogP contribution in [0.5, 0.6) is 5.75 Å². The molecule has 1 saturated carbocycles. The number of rotatable bonds is 4. The number of benzene rings is 1. The molecule has 0 unspecified atom stereocenters. The molecule has 1 aromatic heterocycles. The first-order valence-electron chi connectivity index (χ1n) is 6.91. The number of nitrogens with zero attached hydrogens (tertiary/aromatic N) is 2. The van der Waals surface area contributed by atoms with Crippen LogP contribution in [0.25, 0.3) is 0 Å². The predicted molar refractivity (Wildman–Crippen MR) is 83.6 cm³/mol. The summed E-state index contributed by atoms with van der Waals surface area (Å²) in [5.74, 6) is 2.41. The third-order valence-corrected chi connectivity index (χ3v) is 3.50. The average molecular weight is 282 g/mol. The van der Waals surface area contributed by atoms with Crippen LogP contribution >= 0.6 is 0 Å². The van der Waals surface area contributed by atoms with Gasteiger partial charge in [0, 0.05) is 12.1 Å². The maximum Gasteiger partial charge on any atom is 0.194 e. The molecule has 0 radical (unpaired) electrons. The van der Waals surface area contributed by atoms with Gasteiger partial charge in [0.15, 0.2) is 5.96 Å². The fourth-order valence-corrected chi connectivity index (χ4v) is 2.33. The van der Waals surface area contributed by atoms with Gasteiger partial charge in [-0.05, 0) is 36.2 Å². The summed E-state index contributed by atoms with van der Waals surface area (Å²) in [6.45, 7) is 0. The minimum atomic E-state index is 0.230. The number of nitrogens with two attached hydrogens (primary N) is 1. The highest BCUT2D eigenvalue weighted by molar-refractivity contribution is 5.91. The van der Waals surface area contributed by atoms with Crippen molar-refractivity contribution in [3.8, 4) is 5.75 Å². The molecule has 2 aromatic rings. The van der Waals surface area contributed by atoms with E-state index in [1.54, 1.807) is 13.3 Å². The van der Waals surface area contributed by atoms with Crippen molar-refractivity contribution in [2.75, 3.05) is 12.4 Å². The van der Waals surface area contributed by atoms with Crippen molar-refractivity contribution in [2.45, 2.75) is 18.4 Å². The Hall–Kier alpha value is -2.56. The van der Waals surface area contributed by atoms with Crippen molar-refractivity contribution in [3.63, 3.8) is 0 Å². The van der Waals surface area contributed by atoms with Gasteiger partial charge in [-0.2, -0.15) is 0 Å². The largest absolute Gasteiger partial charge is 0.497 e. The molecule has 3 N–H and O–H groups in total. The van der Waals surface area contributed by atoms with E-state index in [2.05, 4.69) is 27.4 Å². The van der Waals surface area contributed by atoms with E-state index in [-0.39, 0.29) is 6.04 Å². The van der Waals surface area contributed by atoms with Crippen LogP contribution < -0.4 is 15.8 Å². The average Bonchev–Trinajstić information content (AvgIpc) is 3.27. The summed E-state index contributed by atoms with van der Waals surface area (Å²) in [7, 11) is 1.68. The number of pyridine rings is 1. The Morgan fingerprint density at radius 2 is 2.24 bits per heavy atom. The second kappa shape index (κ2) is 5.83. The van der Waals surface area contributed by atoms with E-state index in [9.17, 15) is 0 Å². The number of anilines is 1. The zero-order valence-corrected chi connectivity index (χ0v) is 11.9. The van der Waals surface area contributed by atoms with Crippen molar-refractivity contribution < 1.29 is 4.74 Å². The lowest BCUT2D eigenvalue weighted by Gasteiger charge is -2.05. The van der Waals surface area contributed by atoms with Gasteiger partial charge in [0.25, 0.3) is 0 Å². The highest BCUT2D eigenvalue weighted by Gasteiger charge is 2.38. The summed E-state index contributed by atoms with van der Waals surface area (Å²) in [5.41, 5.74) is 7.16. The Bertz CT molecular complexity index is 642. The minimum Gasteiger partial charge on any atom is -0.497 e. The lowest BCUT2D eigenvalue weighted by atomic mass is 10.1. The smallest absolute Gasteiger partial charge is 0.194 e. The molecule has 5 nitrogen and oxygen atoms in total. The van der Waals surface area contributed by atoms with E-state index >= 15 is 0 Å². The van der Waals surface area contributed by atoms with E-state index < -0.39 is 0 Å². The molecule has 3 rings (SSSR count). The second-order valence-corrected chi connectivity index (χ2v) is 5.04. The van der Waals surface area contributed by atoms with Crippen LogP contribution in [0.4, 0.5) is 5.82 Å². The number of hydrogen-bond donors (Lipinski definition) is 2. The summed E-state index contributed by atoms with van der Waals surface area (Å²) >= 11 is 0. The van der Waals surface area contributed by atoms with E-state index in [0.717, 1.165) is 12.2 Å². The number of nitrogens with one attached hydrogen (secondary N) is 1. The first-order valence-corrected chi connectivity index (χ1v) is 6.91. The number of ether oxygens (including phenoxy) is 1. The molecule has 21 heavy (non-hydrogen) atoms. The molecule has 0 aliphatic heterocycles. The molecule has 108 valence electrons. The zero-order chi connectivity index (χ0) is 14.7. The van der Waals surface area contributed by atoms with E-state index in [1.807, 2.05) is 30.3 Å². The molecule has 1 aliphatic rings. The molecule has 0 amide bonds.